The Kier molecular flexibility index (Phi) is 6.17. The van der Waals surface area contributed by atoms with Crippen LogP contribution in [0, 0.1) is 0 Å². The molecule has 1 unspecified atom stereocenters. The average molecular weight is 316 g/mol. The molecule has 1 heterocycles. The summed E-state index contributed by atoms with van der Waals surface area (Å²) in [5, 5.41) is 7.22. The molecule has 3 N–H and O–H groups in total. The molecule has 1 atom stereocenters. The third-order valence-corrected chi connectivity index (χ3v) is 3.26. The Morgan fingerprint density at radius 3 is 2.78 bits per heavy atom. The number of amides is 1. The topological polar surface area (TPSA) is 82.2 Å². The van der Waals surface area contributed by atoms with Crippen LogP contribution in [0.15, 0.2) is 36.5 Å². The van der Waals surface area contributed by atoms with Crippen molar-refractivity contribution < 1.29 is 9.53 Å². The molecule has 2 aromatic rings. The number of nitrogens with one attached hydrogen (secondary N) is 1. The number of aromatic nitrogens is 2. The Labute approximate surface area is 136 Å². The number of nitrogens with zero attached hydrogens (tertiary/aromatic N) is 2. The van der Waals surface area contributed by atoms with Crippen molar-refractivity contribution in [3.05, 3.63) is 42.2 Å². The highest BCUT2D eigenvalue weighted by Gasteiger charge is 2.18. The van der Waals surface area contributed by atoms with Crippen LogP contribution >= 0.6 is 0 Å². The summed E-state index contributed by atoms with van der Waals surface area (Å²) < 4.78 is 7.33. The van der Waals surface area contributed by atoms with E-state index in [0.717, 1.165) is 18.5 Å². The molecule has 0 aliphatic heterocycles. The van der Waals surface area contributed by atoms with Crippen molar-refractivity contribution in [2.75, 3.05) is 13.2 Å². The molecule has 0 bridgehead atoms. The van der Waals surface area contributed by atoms with Gasteiger partial charge in [0.05, 0.1) is 18.5 Å². The molecule has 6 nitrogen and oxygen atoms in total. The van der Waals surface area contributed by atoms with Crippen LogP contribution in [0.4, 0.5) is 0 Å². The van der Waals surface area contributed by atoms with Crippen molar-refractivity contribution in [2.45, 2.75) is 32.7 Å². The van der Waals surface area contributed by atoms with Crippen LogP contribution in [0.5, 0.6) is 5.75 Å². The van der Waals surface area contributed by atoms with Gasteiger partial charge in [-0.15, -0.1) is 0 Å². The first-order chi connectivity index (χ1) is 11.1. The quantitative estimate of drug-likeness (QED) is 0.781. The number of rotatable bonds is 8. The molecule has 23 heavy (non-hydrogen) atoms. The highest BCUT2D eigenvalue weighted by Crippen LogP contribution is 2.20. The van der Waals surface area contributed by atoms with E-state index < -0.39 is 0 Å². The zero-order valence-electron chi connectivity index (χ0n) is 13.7. The van der Waals surface area contributed by atoms with Crippen LogP contribution in [-0.2, 0) is 0 Å². The first-order valence-corrected chi connectivity index (χ1v) is 7.93. The van der Waals surface area contributed by atoms with E-state index in [9.17, 15) is 4.79 Å². The molecule has 0 radical (unpaired) electrons. The van der Waals surface area contributed by atoms with E-state index in [2.05, 4.69) is 10.4 Å². The molecular formula is C17H24N4O2. The van der Waals surface area contributed by atoms with Gasteiger partial charge >= 0.3 is 0 Å². The number of hydrogen-bond acceptors (Lipinski definition) is 4. The smallest absolute Gasteiger partial charge is 0.275 e. The second kappa shape index (κ2) is 8.33. The molecule has 1 aromatic heterocycles. The van der Waals surface area contributed by atoms with E-state index in [0.29, 0.717) is 24.6 Å². The first-order valence-electron chi connectivity index (χ1n) is 7.93. The summed E-state index contributed by atoms with van der Waals surface area (Å²) in [6.07, 6.45) is 3.32. The zero-order chi connectivity index (χ0) is 16.7. The van der Waals surface area contributed by atoms with E-state index in [1.54, 1.807) is 10.9 Å². The summed E-state index contributed by atoms with van der Waals surface area (Å²) in [4.78, 5) is 12.3. The molecule has 0 aliphatic rings. The Morgan fingerprint density at radius 1 is 1.39 bits per heavy atom. The maximum Gasteiger partial charge on any atom is 0.275 e. The van der Waals surface area contributed by atoms with Crippen LogP contribution < -0.4 is 15.8 Å². The van der Waals surface area contributed by atoms with Crippen LogP contribution in [0.3, 0.4) is 0 Å². The summed E-state index contributed by atoms with van der Waals surface area (Å²) in [6, 6.07) is 9.68. The molecule has 1 amide bonds. The zero-order valence-corrected chi connectivity index (χ0v) is 13.7. The number of ether oxygens (including phenoxy) is 1. The van der Waals surface area contributed by atoms with Crippen molar-refractivity contribution in [3.63, 3.8) is 0 Å². The van der Waals surface area contributed by atoms with Crippen molar-refractivity contribution in [2.24, 2.45) is 5.73 Å². The van der Waals surface area contributed by atoms with Crippen LogP contribution in [0.2, 0.25) is 0 Å². The van der Waals surface area contributed by atoms with Gasteiger partial charge in [-0.25, -0.2) is 4.68 Å². The largest absolute Gasteiger partial charge is 0.489 e. The van der Waals surface area contributed by atoms with Gasteiger partial charge in [-0.3, -0.25) is 4.79 Å². The van der Waals surface area contributed by atoms with Gasteiger partial charge in [0, 0.05) is 12.6 Å². The lowest BCUT2D eigenvalue weighted by atomic mass is 10.2. The summed E-state index contributed by atoms with van der Waals surface area (Å²) in [5.74, 6) is 0.250. The molecule has 1 aromatic carbocycles. The summed E-state index contributed by atoms with van der Waals surface area (Å²) >= 11 is 0. The molecule has 0 spiro atoms. The lowest BCUT2D eigenvalue weighted by Gasteiger charge is -2.07. The standard InChI is InChI=1S/C17H24N4O2/c1-3-11-23-15-12-21(14-7-5-4-6-8-14)20-16(15)17(22)19-10-9-13(2)18/h4-8,12-13H,3,9-11,18H2,1-2H3,(H,19,22). The van der Waals surface area contributed by atoms with Crippen LogP contribution in [0.1, 0.15) is 37.2 Å². The second-order valence-electron chi connectivity index (χ2n) is 5.49. The summed E-state index contributed by atoms with van der Waals surface area (Å²) in [5.41, 5.74) is 6.87. The van der Waals surface area contributed by atoms with Crippen molar-refractivity contribution >= 4 is 5.91 Å². The lowest BCUT2D eigenvalue weighted by Crippen LogP contribution is -2.29. The molecule has 0 saturated carbocycles. The predicted molar refractivity (Wildman–Crippen MR) is 89.9 cm³/mol. The number of nitrogens with two attached hydrogens (primary N) is 1. The number of carbonyl (C=O) groups is 1. The van der Waals surface area contributed by atoms with Crippen molar-refractivity contribution in [1.82, 2.24) is 15.1 Å². The Balaban J connectivity index is 2.18. The summed E-state index contributed by atoms with van der Waals surface area (Å²) in [6.45, 7) is 4.98. The molecule has 0 aliphatic carbocycles. The average Bonchev–Trinajstić information content (AvgIpc) is 2.97. The number of carbonyl (C=O) groups excluding carboxylic acids is 1. The third-order valence-electron chi connectivity index (χ3n) is 3.26. The highest BCUT2D eigenvalue weighted by molar-refractivity contribution is 5.94. The van der Waals surface area contributed by atoms with Gasteiger partial charge in [0.25, 0.3) is 5.91 Å². The summed E-state index contributed by atoms with van der Waals surface area (Å²) in [7, 11) is 0. The SMILES string of the molecule is CCCOc1cn(-c2ccccc2)nc1C(=O)NCCC(C)N. The number of para-hydroxylation sites is 1. The fourth-order valence-electron chi connectivity index (χ4n) is 2.04. The number of hydrogen-bond donors (Lipinski definition) is 2. The van der Waals surface area contributed by atoms with Gasteiger partial charge in [-0.05, 0) is 31.9 Å². The lowest BCUT2D eigenvalue weighted by molar-refractivity contribution is 0.0943. The van der Waals surface area contributed by atoms with Gasteiger partial charge in [-0.2, -0.15) is 5.10 Å². The maximum atomic E-state index is 12.3. The Hall–Kier alpha value is -2.34. The van der Waals surface area contributed by atoms with E-state index in [-0.39, 0.29) is 11.9 Å². The maximum absolute atomic E-state index is 12.3. The van der Waals surface area contributed by atoms with Crippen molar-refractivity contribution in [1.29, 1.82) is 0 Å². The Bertz CT molecular complexity index is 623. The van der Waals surface area contributed by atoms with Gasteiger partial charge in [-0.1, -0.05) is 25.1 Å². The normalized spacial score (nSPS) is 12.0. The van der Waals surface area contributed by atoms with E-state index in [1.165, 1.54) is 0 Å². The third kappa shape index (κ3) is 4.82. The molecule has 0 fully saturated rings. The molecule has 124 valence electrons. The van der Waals surface area contributed by atoms with Gasteiger partial charge in [0.15, 0.2) is 11.4 Å². The minimum absolute atomic E-state index is 0.0491. The molecule has 0 saturated heterocycles. The first kappa shape index (κ1) is 17.0. The second-order valence-corrected chi connectivity index (χ2v) is 5.49. The predicted octanol–water partition coefficient (Wildman–Crippen LogP) is 2.13. The van der Waals surface area contributed by atoms with E-state index in [1.807, 2.05) is 44.2 Å². The van der Waals surface area contributed by atoms with Gasteiger partial charge in [0.1, 0.15) is 0 Å². The van der Waals surface area contributed by atoms with Gasteiger partial charge < -0.3 is 15.8 Å². The number of benzene rings is 1. The fraction of sp³-hybridized carbons (Fsp3) is 0.412. The minimum atomic E-state index is -0.244. The Morgan fingerprint density at radius 2 is 2.13 bits per heavy atom. The fourth-order valence-corrected chi connectivity index (χ4v) is 2.04. The van der Waals surface area contributed by atoms with E-state index >= 15 is 0 Å². The monoisotopic (exact) mass is 316 g/mol. The van der Waals surface area contributed by atoms with Crippen LogP contribution in [0.25, 0.3) is 5.69 Å². The van der Waals surface area contributed by atoms with Crippen LogP contribution in [-0.4, -0.2) is 34.9 Å². The molecular weight excluding hydrogens is 292 g/mol. The van der Waals surface area contributed by atoms with Gasteiger partial charge in [0.2, 0.25) is 0 Å². The van der Waals surface area contributed by atoms with Crippen molar-refractivity contribution in [3.8, 4) is 11.4 Å². The highest BCUT2D eigenvalue weighted by atomic mass is 16.5. The molecule has 6 heteroatoms. The minimum Gasteiger partial charge on any atom is -0.489 e. The molecule has 2 rings (SSSR count). The van der Waals surface area contributed by atoms with E-state index in [4.69, 9.17) is 10.5 Å².